The first-order valence-electron chi connectivity index (χ1n) is 5.77. The van der Waals surface area contributed by atoms with Crippen molar-refractivity contribution in [2.75, 3.05) is 33.2 Å². The highest BCUT2D eigenvalue weighted by molar-refractivity contribution is 5.67. The van der Waals surface area contributed by atoms with E-state index in [-0.39, 0.29) is 6.09 Å². The zero-order chi connectivity index (χ0) is 12.2. The quantitative estimate of drug-likeness (QED) is 0.733. The molecule has 1 fully saturated rings. The molecule has 2 N–H and O–H groups in total. The lowest BCUT2D eigenvalue weighted by Crippen LogP contribution is -2.56. The third-order valence-corrected chi connectivity index (χ3v) is 2.37. The van der Waals surface area contributed by atoms with Crippen molar-refractivity contribution in [3.63, 3.8) is 0 Å². The molecule has 5 heteroatoms. The molecule has 0 saturated carbocycles. The number of ether oxygens (including phenoxy) is 1. The van der Waals surface area contributed by atoms with Crippen LogP contribution in [0.25, 0.3) is 0 Å². The number of rotatable bonds is 4. The molecule has 0 atom stereocenters. The van der Waals surface area contributed by atoms with Gasteiger partial charge in [0.25, 0.3) is 0 Å². The normalized spacial score (nSPS) is 16.8. The summed E-state index contributed by atoms with van der Waals surface area (Å²) in [5.41, 5.74) is -0.420. The van der Waals surface area contributed by atoms with E-state index >= 15 is 0 Å². The van der Waals surface area contributed by atoms with Gasteiger partial charge in [0.1, 0.15) is 5.60 Å². The fraction of sp³-hybridized carbons (Fsp3) is 0.909. The fourth-order valence-corrected chi connectivity index (χ4v) is 1.30. The minimum Gasteiger partial charge on any atom is -0.444 e. The van der Waals surface area contributed by atoms with Crippen molar-refractivity contribution in [2.45, 2.75) is 32.4 Å². The highest BCUT2D eigenvalue weighted by Gasteiger charge is 2.20. The summed E-state index contributed by atoms with van der Waals surface area (Å²) in [5.74, 6) is 0. The van der Waals surface area contributed by atoms with Crippen molar-refractivity contribution in [1.82, 2.24) is 15.5 Å². The highest BCUT2D eigenvalue weighted by atomic mass is 16.6. The number of amides is 1. The van der Waals surface area contributed by atoms with Crippen LogP contribution in [0.2, 0.25) is 0 Å². The molecule has 1 rings (SSSR count). The Morgan fingerprint density at radius 2 is 2.12 bits per heavy atom. The van der Waals surface area contributed by atoms with Crippen LogP contribution in [0.3, 0.4) is 0 Å². The van der Waals surface area contributed by atoms with Gasteiger partial charge in [-0.05, 0) is 20.8 Å². The van der Waals surface area contributed by atoms with Crippen LogP contribution in [0.4, 0.5) is 4.79 Å². The zero-order valence-corrected chi connectivity index (χ0v) is 10.7. The van der Waals surface area contributed by atoms with Crippen molar-refractivity contribution in [3.05, 3.63) is 0 Å². The first kappa shape index (κ1) is 13.3. The maximum atomic E-state index is 11.6. The third kappa shape index (κ3) is 4.81. The summed E-state index contributed by atoms with van der Waals surface area (Å²) >= 11 is 0. The first-order valence-corrected chi connectivity index (χ1v) is 5.77. The molecule has 16 heavy (non-hydrogen) atoms. The molecular formula is C11H23N3O2. The number of nitrogens with one attached hydrogen (secondary N) is 2. The van der Waals surface area contributed by atoms with Crippen molar-refractivity contribution in [3.8, 4) is 0 Å². The summed E-state index contributed by atoms with van der Waals surface area (Å²) in [4.78, 5) is 13.2. The maximum Gasteiger partial charge on any atom is 0.410 e. The maximum absolute atomic E-state index is 11.6. The van der Waals surface area contributed by atoms with Gasteiger partial charge >= 0.3 is 6.09 Å². The summed E-state index contributed by atoms with van der Waals surface area (Å²) in [6, 6.07) is 0.562. The molecule has 0 radical (unpaired) electrons. The van der Waals surface area contributed by atoms with E-state index in [4.69, 9.17) is 4.74 Å². The van der Waals surface area contributed by atoms with E-state index in [1.54, 1.807) is 11.9 Å². The molecule has 0 unspecified atom stereocenters. The van der Waals surface area contributed by atoms with E-state index < -0.39 is 5.60 Å². The van der Waals surface area contributed by atoms with Gasteiger partial charge in [-0.2, -0.15) is 0 Å². The minimum atomic E-state index is -0.420. The molecule has 0 aromatic carbocycles. The highest BCUT2D eigenvalue weighted by Crippen LogP contribution is 2.08. The number of carbonyl (C=O) groups is 1. The molecule has 5 nitrogen and oxygen atoms in total. The molecule has 1 saturated heterocycles. The monoisotopic (exact) mass is 229 g/mol. The molecule has 1 amide bonds. The van der Waals surface area contributed by atoms with E-state index in [1.807, 2.05) is 20.8 Å². The van der Waals surface area contributed by atoms with E-state index in [0.717, 1.165) is 19.6 Å². The van der Waals surface area contributed by atoms with Crippen molar-refractivity contribution < 1.29 is 9.53 Å². The van der Waals surface area contributed by atoms with Crippen LogP contribution in [0.5, 0.6) is 0 Å². The fourth-order valence-electron chi connectivity index (χ4n) is 1.30. The molecule has 0 aromatic heterocycles. The average Bonchev–Trinajstić information content (AvgIpc) is 2.05. The number of hydrogen-bond acceptors (Lipinski definition) is 4. The SMILES string of the molecule is CN(CCNC1CNC1)C(=O)OC(C)(C)C. The molecule has 1 heterocycles. The lowest BCUT2D eigenvalue weighted by Gasteiger charge is -2.29. The zero-order valence-electron chi connectivity index (χ0n) is 10.7. The summed E-state index contributed by atoms with van der Waals surface area (Å²) in [7, 11) is 1.76. The van der Waals surface area contributed by atoms with Crippen molar-refractivity contribution in [2.24, 2.45) is 0 Å². The predicted molar refractivity (Wildman–Crippen MR) is 63.5 cm³/mol. The largest absolute Gasteiger partial charge is 0.444 e. The first-order chi connectivity index (χ1) is 7.38. The molecule has 1 aliphatic heterocycles. The molecule has 0 bridgehead atoms. The Morgan fingerprint density at radius 3 is 2.56 bits per heavy atom. The summed E-state index contributed by atoms with van der Waals surface area (Å²) in [6.07, 6.45) is -0.263. The van der Waals surface area contributed by atoms with Crippen LogP contribution in [0, 0.1) is 0 Å². The second-order valence-corrected chi connectivity index (χ2v) is 5.21. The van der Waals surface area contributed by atoms with Gasteiger partial charge in [-0.15, -0.1) is 0 Å². The van der Waals surface area contributed by atoms with Gasteiger partial charge in [0.05, 0.1) is 0 Å². The van der Waals surface area contributed by atoms with E-state index in [2.05, 4.69) is 10.6 Å². The Balaban J connectivity index is 2.12. The summed E-state index contributed by atoms with van der Waals surface area (Å²) in [6.45, 7) is 9.14. The van der Waals surface area contributed by atoms with E-state index in [9.17, 15) is 4.79 Å². The average molecular weight is 229 g/mol. The second kappa shape index (κ2) is 5.50. The van der Waals surface area contributed by atoms with Gasteiger partial charge in [-0.3, -0.25) is 0 Å². The van der Waals surface area contributed by atoms with E-state index in [0.29, 0.717) is 12.6 Å². The Labute approximate surface area is 97.5 Å². The number of likely N-dealkylation sites (N-methyl/N-ethyl adjacent to an activating group) is 1. The topological polar surface area (TPSA) is 53.6 Å². The smallest absolute Gasteiger partial charge is 0.410 e. The van der Waals surface area contributed by atoms with Crippen LogP contribution >= 0.6 is 0 Å². The molecule has 1 aliphatic rings. The molecule has 0 spiro atoms. The Morgan fingerprint density at radius 1 is 1.50 bits per heavy atom. The van der Waals surface area contributed by atoms with Gasteiger partial charge in [0, 0.05) is 39.3 Å². The number of carbonyl (C=O) groups excluding carboxylic acids is 1. The van der Waals surface area contributed by atoms with Gasteiger partial charge in [-0.1, -0.05) is 0 Å². The summed E-state index contributed by atoms with van der Waals surface area (Å²) < 4.78 is 5.24. The van der Waals surface area contributed by atoms with Gasteiger partial charge in [0.2, 0.25) is 0 Å². The van der Waals surface area contributed by atoms with Crippen molar-refractivity contribution >= 4 is 6.09 Å². The van der Waals surface area contributed by atoms with E-state index in [1.165, 1.54) is 0 Å². The van der Waals surface area contributed by atoms with Crippen LogP contribution in [-0.4, -0.2) is 55.9 Å². The lowest BCUT2D eigenvalue weighted by molar-refractivity contribution is 0.0299. The van der Waals surface area contributed by atoms with Gasteiger partial charge < -0.3 is 20.3 Å². The standard InChI is InChI=1S/C11H23N3O2/c1-11(2,3)16-10(15)14(4)6-5-13-9-7-12-8-9/h9,12-13H,5-8H2,1-4H3. The van der Waals surface area contributed by atoms with Gasteiger partial charge in [0.15, 0.2) is 0 Å². The van der Waals surface area contributed by atoms with Gasteiger partial charge in [-0.25, -0.2) is 4.79 Å². The minimum absolute atomic E-state index is 0.263. The number of nitrogens with zero attached hydrogens (tertiary/aromatic N) is 1. The summed E-state index contributed by atoms with van der Waals surface area (Å²) in [5, 5.41) is 6.54. The Hall–Kier alpha value is -0.810. The molecule has 94 valence electrons. The van der Waals surface area contributed by atoms with Crippen molar-refractivity contribution in [1.29, 1.82) is 0 Å². The van der Waals surface area contributed by atoms with Crippen LogP contribution < -0.4 is 10.6 Å². The third-order valence-electron chi connectivity index (χ3n) is 2.37. The molecule has 0 aliphatic carbocycles. The lowest BCUT2D eigenvalue weighted by atomic mass is 10.2. The number of hydrogen-bond donors (Lipinski definition) is 2. The second-order valence-electron chi connectivity index (χ2n) is 5.21. The van der Waals surface area contributed by atoms with Crippen LogP contribution in [0.15, 0.2) is 0 Å². The van der Waals surface area contributed by atoms with Crippen LogP contribution in [-0.2, 0) is 4.74 Å². The molecular weight excluding hydrogens is 206 g/mol. The van der Waals surface area contributed by atoms with Crippen LogP contribution in [0.1, 0.15) is 20.8 Å². The molecule has 0 aromatic rings. The Kier molecular flexibility index (Phi) is 4.56. The predicted octanol–water partition coefficient (Wildman–Crippen LogP) is 0.415. The Bertz CT molecular complexity index is 234.